The van der Waals surface area contributed by atoms with Crippen LogP contribution in [0.25, 0.3) is 6.08 Å². The van der Waals surface area contributed by atoms with E-state index < -0.39 is 0 Å². The van der Waals surface area contributed by atoms with Crippen molar-refractivity contribution in [1.82, 2.24) is 4.90 Å². The summed E-state index contributed by atoms with van der Waals surface area (Å²) >= 11 is 6.01. The van der Waals surface area contributed by atoms with Gasteiger partial charge in [-0.2, -0.15) is 0 Å². The molecular weight excluding hydrogens is 336 g/mol. The van der Waals surface area contributed by atoms with Crippen molar-refractivity contribution in [2.45, 2.75) is 26.3 Å². The molecule has 1 N–H and O–H groups in total. The molecule has 128 valence electrons. The van der Waals surface area contributed by atoms with Gasteiger partial charge in [0, 0.05) is 23.8 Å². The Hall–Kier alpha value is -2.59. The number of hydrogen-bond donors (Lipinski definition) is 1. The largest absolute Gasteiger partial charge is 0.326 e. The predicted molar refractivity (Wildman–Crippen MR) is 100 cm³/mol. The molecular formula is C20H19ClN2O2. The average Bonchev–Trinajstić information content (AvgIpc) is 2.58. The number of fused-ring (bicyclic) bond motifs is 1. The Bertz CT molecular complexity index is 861. The van der Waals surface area contributed by atoms with Gasteiger partial charge in [0.05, 0.1) is 12.5 Å². The normalized spacial score (nSPS) is 15.6. The van der Waals surface area contributed by atoms with Crippen LogP contribution >= 0.6 is 11.6 Å². The summed E-state index contributed by atoms with van der Waals surface area (Å²) < 4.78 is 0. The number of hydrogen-bond acceptors (Lipinski definition) is 2. The van der Waals surface area contributed by atoms with E-state index in [1.54, 1.807) is 23.2 Å². The molecule has 2 aromatic carbocycles. The SMILES string of the molecule is CC(=O)N1C=Cc2ccccc2[C@H]1CC(=O)Nc1cc(Cl)ccc1C. The second-order valence-electron chi connectivity index (χ2n) is 6.10. The monoisotopic (exact) mass is 354 g/mol. The van der Waals surface area contributed by atoms with Crippen molar-refractivity contribution in [1.29, 1.82) is 0 Å². The first-order valence-corrected chi connectivity index (χ1v) is 8.45. The van der Waals surface area contributed by atoms with Crippen LogP contribution in [0.15, 0.2) is 48.7 Å². The van der Waals surface area contributed by atoms with Crippen molar-refractivity contribution in [3.63, 3.8) is 0 Å². The molecule has 1 aliphatic heterocycles. The van der Waals surface area contributed by atoms with Gasteiger partial charge in [-0.3, -0.25) is 9.59 Å². The highest BCUT2D eigenvalue weighted by molar-refractivity contribution is 6.31. The van der Waals surface area contributed by atoms with Crippen molar-refractivity contribution in [3.05, 3.63) is 70.4 Å². The summed E-state index contributed by atoms with van der Waals surface area (Å²) in [7, 11) is 0. The molecule has 3 rings (SSSR count). The number of nitrogens with zero attached hydrogens (tertiary/aromatic N) is 1. The van der Waals surface area contributed by atoms with Gasteiger partial charge in [-0.25, -0.2) is 0 Å². The van der Waals surface area contributed by atoms with Crippen LogP contribution in [-0.4, -0.2) is 16.7 Å². The fourth-order valence-electron chi connectivity index (χ4n) is 3.02. The second kappa shape index (κ2) is 7.11. The van der Waals surface area contributed by atoms with Gasteiger partial charge in [0.1, 0.15) is 0 Å². The van der Waals surface area contributed by atoms with Gasteiger partial charge in [-0.15, -0.1) is 0 Å². The zero-order valence-corrected chi connectivity index (χ0v) is 14.9. The minimum atomic E-state index is -0.321. The van der Waals surface area contributed by atoms with E-state index in [0.29, 0.717) is 10.7 Å². The molecule has 0 spiro atoms. The van der Waals surface area contributed by atoms with Crippen LogP contribution in [0.4, 0.5) is 5.69 Å². The first kappa shape index (κ1) is 17.2. The molecule has 2 aromatic rings. The Morgan fingerprint density at radius 2 is 1.96 bits per heavy atom. The van der Waals surface area contributed by atoms with E-state index in [-0.39, 0.29) is 24.3 Å². The Morgan fingerprint density at radius 3 is 2.72 bits per heavy atom. The van der Waals surface area contributed by atoms with Crippen LogP contribution in [0.2, 0.25) is 5.02 Å². The number of benzene rings is 2. The molecule has 0 aromatic heterocycles. The summed E-state index contributed by atoms with van der Waals surface area (Å²) in [6.07, 6.45) is 3.81. The summed E-state index contributed by atoms with van der Waals surface area (Å²) in [5.74, 6) is -0.255. The Kier molecular flexibility index (Phi) is 4.91. The topological polar surface area (TPSA) is 49.4 Å². The highest BCUT2D eigenvalue weighted by Gasteiger charge is 2.28. The number of carbonyl (C=O) groups excluding carboxylic acids is 2. The molecule has 5 heteroatoms. The summed E-state index contributed by atoms with van der Waals surface area (Å²) in [6.45, 7) is 3.41. The molecule has 2 amide bonds. The fraction of sp³-hybridized carbons (Fsp3) is 0.200. The first-order valence-electron chi connectivity index (χ1n) is 8.08. The highest BCUT2D eigenvalue weighted by atomic mass is 35.5. The molecule has 0 saturated heterocycles. The fourth-order valence-corrected chi connectivity index (χ4v) is 3.19. The number of aryl methyl sites for hydroxylation is 1. The van der Waals surface area contributed by atoms with E-state index in [2.05, 4.69) is 5.32 Å². The third-order valence-corrected chi connectivity index (χ3v) is 4.56. The van der Waals surface area contributed by atoms with E-state index in [0.717, 1.165) is 16.7 Å². The zero-order valence-electron chi connectivity index (χ0n) is 14.1. The van der Waals surface area contributed by atoms with Gasteiger partial charge in [0.2, 0.25) is 11.8 Å². The summed E-state index contributed by atoms with van der Waals surface area (Å²) in [5, 5.41) is 3.47. The smallest absolute Gasteiger partial charge is 0.226 e. The maximum Gasteiger partial charge on any atom is 0.226 e. The van der Waals surface area contributed by atoms with Crippen LogP contribution in [0.5, 0.6) is 0 Å². The number of anilines is 1. The van der Waals surface area contributed by atoms with Gasteiger partial charge in [0.15, 0.2) is 0 Å². The second-order valence-corrected chi connectivity index (χ2v) is 6.53. The van der Waals surface area contributed by atoms with Crippen molar-refractivity contribution < 1.29 is 9.59 Å². The van der Waals surface area contributed by atoms with Crippen LogP contribution in [-0.2, 0) is 9.59 Å². The van der Waals surface area contributed by atoms with Gasteiger partial charge < -0.3 is 10.2 Å². The standard InChI is InChI=1S/C20H19ClN2O2/c1-13-7-8-16(21)11-18(13)22-20(25)12-19-17-6-4-3-5-15(17)9-10-23(19)14(2)24/h3-11,19H,12H2,1-2H3,(H,22,25)/t19-/m1/s1. The predicted octanol–water partition coefficient (Wildman–Crippen LogP) is 4.55. The lowest BCUT2D eigenvalue weighted by molar-refractivity contribution is -0.129. The van der Waals surface area contributed by atoms with Crippen LogP contribution < -0.4 is 5.32 Å². The summed E-state index contributed by atoms with van der Waals surface area (Å²) in [4.78, 5) is 26.2. The summed E-state index contributed by atoms with van der Waals surface area (Å²) in [5.41, 5.74) is 3.62. The maximum atomic E-state index is 12.6. The number of amides is 2. The quantitative estimate of drug-likeness (QED) is 0.878. The Labute approximate surface area is 152 Å². The van der Waals surface area contributed by atoms with Crippen molar-refractivity contribution in [3.8, 4) is 0 Å². The Balaban J connectivity index is 1.84. The van der Waals surface area contributed by atoms with Crippen LogP contribution in [0, 0.1) is 6.92 Å². The Morgan fingerprint density at radius 1 is 1.20 bits per heavy atom. The van der Waals surface area contributed by atoms with Gasteiger partial charge in [-0.05, 0) is 41.8 Å². The molecule has 1 aliphatic rings. The van der Waals surface area contributed by atoms with E-state index in [1.807, 2.05) is 43.3 Å². The number of halogens is 1. The third kappa shape index (κ3) is 3.74. The van der Waals surface area contributed by atoms with Crippen molar-refractivity contribution >= 4 is 35.2 Å². The minimum Gasteiger partial charge on any atom is -0.326 e. The number of rotatable bonds is 3. The molecule has 1 atom stereocenters. The minimum absolute atomic E-state index is 0.0949. The van der Waals surface area contributed by atoms with E-state index in [9.17, 15) is 9.59 Å². The maximum absolute atomic E-state index is 12.6. The molecule has 0 bridgehead atoms. The lowest BCUT2D eigenvalue weighted by atomic mass is 9.93. The number of carbonyl (C=O) groups is 2. The molecule has 0 saturated carbocycles. The molecule has 0 fully saturated rings. The lowest BCUT2D eigenvalue weighted by Gasteiger charge is -2.32. The molecule has 0 unspecified atom stereocenters. The van der Waals surface area contributed by atoms with E-state index in [1.165, 1.54) is 6.92 Å². The molecule has 25 heavy (non-hydrogen) atoms. The average molecular weight is 355 g/mol. The number of nitrogens with one attached hydrogen (secondary N) is 1. The summed E-state index contributed by atoms with van der Waals surface area (Å²) in [6, 6.07) is 12.9. The van der Waals surface area contributed by atoms with Gasteiger partial charge >= 0.3 is 0 Å². The van der Waals surface area contributed by atoms with E-state index >= 15 is 0 Å². The van der Waals surface area contributed by atoms with Crippen molar-refractivity contribution in [2.75, 3.05) is 5.32 Å². The first-order chi connectivity index (χ1) is 12.0. The molecule has 0 aliphatic carbocycles. The molecule has 4 nitrogen and oxygen atoms in total. The van der Waals surface area contributed by atoms with Gasteiger partial charge in [-0.1, -0.05) is 41.9 Å². The van der Waals surface area contributed by atoms with Crippen LogP contribution in [0.1, 0.15) is 36.1 Å². The third-order valence-electron chi connectivity index (χ3n) is 4.32. The lowest BCUT2D eigenvalue weighted by Crippen LogP contribution is -2.33. The van der Waals surface area contributed by atoms with Gasteiger partial charge in [0.25, 0.3) is 0 Å². The molecule has 1 heterocycles. The zero-order chi connectivity index (χ0) is 18.0. The van der Waals surface area contributed by atoms with Crippen LogP contribution in [0.3, 0.4) is 0 Å². The molecule has 0 radical (unpaired) electrons. The van der Waals surface area contributed by atoms with Crippen molar-refractivity contribution in [2.24, 2.45) is 0 Å². The van der Waals surface area contributed by atoms with E-state index in [4.69, 9.17) is 11.6 Å². The highest BCUT2D eigenvalue weighted by Crippen LogP contribution is 2.33.